The number of likely N-dealkylation sites (tertiary alicyclic amines) is 1. The smallest absolute Gasteiger partial charge is 0.321 e. The van der Waals surface area contributed by atoms with E-state index in [0.29, 0.717) is 5.92 Å². The Morgan fingerprint density at radius 3 is 2.86 bits per heavy atom. The Balaban J connectivity index is 1.61. The van der Waals surface area contributed by atoms with Crippen LogP contribution in [0.4, 0.5) is 10.5 Å². The van der Waals surface area contributed by atoms with Crippen molar-refractivity contribution in [1.29, 1.82) is 0 Å². The molecule has 1 aromatic carbocycles. The van der Waals surface area contributed by atoms with Crippen LogP contribution in [0.25, 0.3) is 0 Å². The van der Waals surface area contributed by atoms with Gasteiger partial charge in [0.1, 0.15) is 5.82 Å². The summed E-state index contributed by atoms with van der Waals surface area (Å²) in [5.74, 6) is 1.41. The van der Waals surface area contributed by atoms with Crippen LogP contribution in [0.1, 0.15) is 42.1 Å². The van der Waals surface area contributed by atoms with Crippen LogP contribution in [0.3, 0.4) is 0 Å². The summed E-state index contributed by atoms with van der Waals surface area (Å²) in [6.45, 7) is 7.70. The zero-order valence-electron chi connectivity index (χ0n) is 17.6. The molecule has 0 aliphatic carbocycles. The molecule has 2 amide bonds. The van der Waals surface area contributed by atoms with E-state index in [4.69, 9.17) is 0 Å². The Bertz CT molecular complexity index is 798. The molecule has 0 bridgehead atoms. The molecule has 2 heterocycles. The van der Waals surface area contributed by atoms with Gasteiger partial charge in [0.2, 0.25) is 0 Å². The summed E-state index contributed by atoms with van der Waals surface area (Å²) >= 11 is 0. The van der Waals surface area contributed by atoms with Crippen molar-refractivity contribution in [2.75, 3.05) is 39.0 Å². The number of amides is 2. The second-order valence-corrected chi connectivity index (χ2v) is 8.15. The highest BCUT2D eigenvalue weighted by atomic mass is 16.2. The molecule has 0 saturated carbocycles. The first kappa shape index (κ1) is 20.4. The second kappa shape index (κ2) is 9.24. The van der Waals surface area contributed by atoms with Gasteiger partial charge < -0.3 is 19.7 Å². The van der Waals surface area contributed by atoms with Crippen LogP contribution < -0.4 is 5.32 Å². The van der Waals surface area contributed by atoms with Gasteiger partial charge in [0.15, 0.2) is 0 Å². The molecular formula is C22H33N5O. The summed E-state index contributed by atoms with van der Waals surface area (Å²) in [5.41, 5.74) is 3.28. The van der Waals surface area contributed by atoms with E-state index in [1.807, 2.05) is 23.2 Å². The Kier molecular flexibility index (Phi) is 6.73. The van der Waals surface area contributed by atoms with Gasteiger partial charge in [-0.25, -0.2) is 9.78 Å². The van der Waals surface area contributed by atoms with Gasteiger partial charge in [0.05, 0.1) is 0 Å². The van der Waals surface area contributed by atoms with Gasteiger partial charge in [-0.1, -0.05) is 6.07 Å². The average Bonchev–Trinajstić information content (AvgIpc) is 3.13. The van der Waals surface area contributed by atoms with Crippen molar-refractivity contribution in [2.45, 2.75) is 45.6 Å². The van der Waals surface area contributed by atoms with Crippen LogP contribution in [0.5, 0.6) is 0 Å². The highest BCUT2D eigenvalue weighted by Crippen LogP contribution is 2.26. The van der Waals surface area contributed by atoms with Crippen molar-refractivity contribution in [1.82, 2.24) is 19.4 Å². The monoisotopic (exact) mass is 383 g/mol. The molecule has 1 aliphatic heterocycles. The number of rotatable bonds is 6. The number of aryl methyl sites for hydroxylation is 3. The summed E-state index contributed by atoms with van der Waals surface area (Å²) < 4.78 is 2.26. The number of hydrogen-bond acceptors (Lipinski definition) is 3. The number of anilines is 1. The number of carbonyl (C=O) groups excluding carboxylic acids is 1. The van der Waals surface area contributed by atoms with E-state index in [-0.39, 0.29) is 6.03 Å². The topological polar surface area (TPSA) is 53.4 Å². The lowest BCUT2D eigenvalue weighted by Gasteiger charge is -2.32. The summed E-state index contributed by atoms with van der Waals surface area (Å²) in [5, 5.41) is 3.06. The SMILES string of the molecule is Cc1ccc(NC(=O)N2CCCC(c3nccn3CCCN(C)C)C2)cc1C. The minimum atomic E-state index is -0.0151. The van der Waals surface area contributed by atoms with Crippen LogP contribution in [0, 0.1) is 13.8 Å². The molecule has 6 heteroatoms. The van der Waals surface area contributed by atoms with Crippen LogP contribution in [0.2, 0.25) is 0 Å². The molecule has 6 nitrogen and oxygen atoms in total. The number of nitrogens with one attached hydrogen (secondary N) is 1. The van der Waals surface area contributed by atoms with E-state index < -0.39 is 0 Å². The molecule has 28 heavy (non-hydrogen) atoms. The first-order valence-electron chi connectivity index (χ1n) is 10.2. The number of piperidine rings is 1. The molecule has 2 aromatic rings. The molecule has 1 aliphatic rings. The third-order valence-corrected chi connectivity index (χ3v) is 5.58. The standard InChI is InChI=1S/C22H33N5O/c1-17-8-9-20(15-18(17)2)24-22(28)27-12-5-7-19(16-27)21-23-10-14-26(21)13-6-11-25(3)4/h8-10,14-15,19H,5-7,11-13,16H2,1-4H3,(H,24,28). The molecular weight excluding hydrogens is 350 g/mol. The van der Waals surface area contributed by atoms with E-state index in [2.05, 4.69) is 60.0 Å². The van der Waals surface area contributed by atoms with Crippen molar-refractivity contribution >= 4 is 11.7 Å². The fourth-order valence-electron chi connectivity index (χ4n) is 3.82. The number of aromatic nitrogens is 2. The lowest BCUT2D eigenvalue weighted by molar-refractivity contribution is 0.190. The summed E-state index contributed by atoms with van der Waals surface area (Å²) in [4.78, 5) is 21.6. The highest BCUT2D eigenvalue weighted by molar-refractivity contribution is 5.89. The van der Waals surface area contributed by atoms with E-state index in [9.17, 15) is 4.79 Å². The molecule has 152 valence electrons. The number of nitrogens with zero attached hydrogens (tertiary/aromatic N) is 4. The van der Waals surface area contributed by atoms with E-state index in [1.165, 1.54) is 11.1 Å². The van der Waals surface area contributed by atoms with Crippen LogP contribution in [-0.2, 0) is 6.54 Å². The van der Waals surface area contributed by atoms with E-state index in [1.54, 1.807) is 0 Å². The Morgan fingerprint density at radius 2 is 2.11 bits per heavy atom. The van der Waals surface area contributed by atoms with Gasteiger partial charge in [0.25, 0.3) is 0 Å². The number of benzene rings is 1. The Labute approximate surface area is 168 Å². The molecule has 1 N–H and O–H groups in total. The third kappa shape index (κ3) is 5.13. The van der Waals surface area contributed by atoms with Gasteiger partial charge in [-0.05, 0) is 77.0 Å². The van der Waals surface area contributed by atoms with Crippen molar-refractivity contribution in [3.8, 4) is 0 Å². The molecule has 1 saturated heterocycles. The maximum absolute atomic E-state index is 12.8. The van der Waals surface area contributed by atoms with Crippen LogP contribution in [-0.4, -0.2) is 59.1 Å². The summed E-state index contributed by atoms with van der Waals surface area (Å²) in [6.07, 6.45) is 7.14. The summed E-state index contributed by atoms with van der Waals surface area (Å²) in [6, 6.07) is 6.04. The quantitative estimate of drug-likeness (QED) is 0.824. The second-order valence-electron chi connectivity index (χ2n) is 8.15. The zero-order valence-corrected chi connectivity index (χ0v) is 17.6. The molecule has 0 spiro atoms. The fourth-order valence-corrected chi connectivity index (χ4v) is 3.82. The van der Waals surface area contributed by atoms with Crippen molar-refractivity contribution < 1.29 is 4.79 Å². The van der Waals surface area contributed by atoms with Gasteiger partial charge in [0, 0.05) is 43.6 Å². The maximum Gasteiger partial charge on any atom is 0.321 e. The number of urea groups is 1. The van der Waals surface area contributed by atoms with Crippen molar-refractivity contribution in [2.24, 2.45) is 0 Å². The minimum Gasteiger partial charge on any atom is -0.335 e. The number of carbonyl (C=O) groups is 1. The number of hydrogen-bond donors (Lipinski definition) is 1. The third-order valence-electron chi connectivity index (χ3n) is 5.58. The molecule has 0 radical (unpaired) electrons. The van der Waals surface area contributed by atoms with Crippen molar-refractivity contribution in [3.05, 3.63) is 47.5 Å². The highest BCUT2D eigenvalue weighted by Gasteiger charge is 2.27. The normalized spacial score (nSPS) is 17.2. The van der Waals surface area contributed by atoms with Gasteiger partial charge in [-0.3, -0.25) is 0 Å². The maximum atomic E-state index is 12.8. The van der Waals surface area contributed by atoms with Crippen LogP contribution in [0.15, 0.2) is 30.6 Å². The van der Waals surface area contributed by atoms with E-state index in [0.717, 1.165) is 57.0 Å². The zero-order chi connectivity index (χ0) is 20.1. The largest absolute Gasteiger partial charge is 0.335 e. The number of imidazole rings is 1. The molecule has 1 aromatic heterocycles. The lowest BCUT2D eigenvalue weighted by atomic mass is 9.97. The fraction of sp³-hybridized carbons (Fsp3) is 0.545. The first-order chi connectivity index (χ1) is 13.4. The minimum absolute atomic E-state index is 0.0151. The first-order valence-corrected chi connectivity index (χ1v) is 10.2. The van der Waals surface area contributed by atoms with Crippen molar-refractivity contribution in [3.63, 3.8) is 0 Å². The Morgan fingerprint density at radius 1 is 1.29 bits per heavy atom. The lowest BCUT2D eigenvalue weighted by Crippen LogP contribution is -2.42. The molecule has 1 fully saturated rings. The predicted octanol–water partition coefficient (Wildman–Crippen LogP) is 3.86. The molecule has 1 unspecified atom stereocenters. The average molecular weight is 384 g/mol. The van der Waals surface area contributed by atoms with Gasteiger partial charge >= 0.3 is 6.03 Å². The Hall–Kier alpha value is -2.34. The predicted molar refractivity (Wildman–Crippen MR) is 114 cm³/mol. The molecule has 3 rings (SSSR count). The summed E-state index contributed by atoms with van der Waals surface area (Å²) in [7, 11) is 4.20. The van der Waals surface area contributed by atoms with E-state index >= 15 is 0 Å². The van der Waals surface area contributed by atoms with Gasteiger partial charge in [-0.15, -0.1) is 0 Å². The van der Waals surface area contributed by atoms with Gasteiger partial charge in [-0.2, -0.15) is 0 Å². The van der Waals surface area contributed by atoms with Crippen LogP contribution >= 0.6 is 0 Å². The molecule has 1 atom stereocenters.